The van der Waals surface area contributed by atoms with E-state index in [9.17, 15) is 0 Å². The number of hydrogen-bond donors (Lipinski definition) is 0. The van der Waals surface area contributed by atoms with Gasteiger partial charge in [0.2, 0.25) is 0 Å². The highest BCUT2D eigenvalue weighted by Gasteiger charge is 2.07. The molecule has 3 rings (SSSR count). The Morgan fingerprint density at radius 3 is 2.68 bits per heavy atom. The summed E-state index contributed by atoms with van der Waals surface area (Å²) in [6.45, 7) is 0. The lowest BCUT2D eigenvalue weighted by molar-refractivity contribution is 0.414. The van der Waals surface area contributed by atoms with Gasteiger partial charge in [-0.25, -0.2) is 0 Å². The fraction of sp³-hybridized carbons (Fsp3) is 0.143. The number of halogens is 1. The largest absolute Gasteiger partial charge is 0.497 e. The molecule has 0 N–H and O–H groups in total. The molecule has 0 spiro atoms. The lowest BCUT2D eigenvalue weighted by Gasteiger charge is -2.02. The SMILES string of the molecule is COc1ccn2c(Cc3ccc(Br)cc3)nnc2c1. The smallest absolute Gasteiger partial charge is 0.164 e. The topological polar surface area (TPSA) is 39.4 Å². The van der Waals surface area contributed by atoms with Crippen LogP contribution in [0.3, 0.4) is 0 Å². The molecule has 2 aromatic heterocycles. The van der Waals surface area contributed by atoms with Gasteiger partial charge in [0, 0.05) is 23.2 Å². The molecule has 0 aliphatic carbocycles. The lowest BCUT2D eigenvalue weighted by Crippen LogP contribution is -1.96. The Hall–Kier alpha value is -1.88. The zero-order valence-corrected chi connectivity index (χ0v) is 12.0. The summed E-state index contributed by atoms with van der Waals surface area (Å²) in [6, 6.07) is 12.0. The molecule has 2 heterocycles. The second kappa shape index (κ2) is 5.01. The maximum atomic E-state index is 5.18. The Labute approximate surface area is 119 Å². The van der Waals surface area contributed by atoms with Gasteiger partial charge in [0.05, 0.1) is 7.11 Å². The Morgan fingerprint density at radius 2 is 1.95 bits per heavy atom. The van der Waals surface area contributed by atoms with Gasteiger partial charge in [0.15, 0.2) is 5.65 Å². The first-order valence-electron chi connectivity index (χ1n) is 5.88. The second-order valence-electron chi connectivity index (χ2n) is 4.21. The van der Waals surface area contributed by atoms with Gasteiger partial charge in [-0.2, -0.15) is 0 Å². The van der Waals surface area contributed by atoms with E-state index in [0.717, 1.165) is 28.1 Å². The molecular weight excluding hydrogens is 306 g/mol. The summed E-state index contributed by atoms with van der Waals surface area (Å²) < 4.78 is 8.23. The minimum atomic E-state index is 0.751. The number of fused-ring (bicyclic) bond motifs is 1. The monoisotopic (exact) mass is 317 g/mol. The van der Waals surface area contributed by atoms with Gasteiger partial charge in [0.1, 0.15) is 11.6 Å². The first kappa shape index (κ1) is 12.2. The quantitative estimate of drug-likeness (QED) is 0.745. The molecule has 0 amide bonds. The molecule has 0 saturated heterocycles. The maximum Gasteiger partial charge on any atom is 0.164 e. The zero-order chi connectivity index (χ0) is 13.2. The maximum absolute atomic E-state index is 5.18. The van der Waals surface area contributed by atoms with Gasteiger partial charge < -0.3 is 4.74 Å². The molecule has 1 aromatic carbocycles. The molecule has 0 fully saturated rings. The summed E-state index contributed by atoms with van der Waals surface area (Å²) in [5.41, 5.74) is 2.00. The summed E-state index contributed by atoms with van der Waals surface area (Å²) in [4.78, 5) is 0. The van der Waals surface area contributed by atoms with Crippen LogP contribution >= 0.6 is 15.9 Å². The van der Waals surface area contributed by atoms with Crippen molar-refractivity contribution in [2.24, 2.45) is 0 Å². The standard InChI is InChI=1S/C14H12BrN3O/c1-19-12-6-7-18-13(16-17-14(18)9-12)8-10-2-4-11(15)5-3-10/h2-7,9H,8H2,1H3. The minimum Gasteiger partial charge on any atom is -0.497 e. The van der Waals surface area contributed by atoms with Crippen molar-refractivity contribution in [1.29, 1.82) is 0 Å². The Morgan fingerprint density at radius 1 is 1.16 bits per heavy atom. The first-order valence-corrected chi connectivity index (χ1v) is 6.67. The first-order chi connectivity index (χ1) is 9.26. The molecule has 0 bridgehead atoms. The van der Waals surface area contributed by atoms with Crippen molar-refractivity contribution in [3.8, 4) is 5.75 Å². The summed E-state index contributed by atoms with van der Waals surface area (Å²) >= 11 is 3.43. The van der Waals surface area contributed by atoms with E-state index in [-0.39, 0.29) is 0 Å². The molecule has 0 saturated carbocycles. The van der Waals surface area contributed by atoms with Crippen molar-refractivity contribution < 1.29 is 4.74 Å². The number of benzene rings is 1. The van der Waals surface area contributed by atoms with Crippen molar-refractivity contribution >= 4 is 21.6 Å². The van der Waals surface area contributed by atoms with Crippen LogP contribution in [0.2, 0.25) is 0 Å². The van der Waals surface area contributed by atoms with Crippen molar-refractivity contribution in [2.45, 2.75) is 6.42 Å². The third-order valence-electron chi connectivity index (χ3n) is 2.96. The van der Waals surface area contributed by atoms with Crippen molar-refractivity contribution in [3.63, 3.8) is 0 Å². The van der Waals surface area contributed by atoms with E-state index in [4.69, 9.17) is 4.74 Å². The molecule has 0 aliphatic rings. The average Bonchev–Trinajstić information content (AvgIpc) is 2.83. The van der Waals surface area contributed by atoms with Crippen LogP contribution in [0.15, 0.2) is 47.1 Å². The van der Waals surface area contributed by atoms with Crippen LogP contribution < -0.4 is 4.74 Å². The Bertz CT molecular complexity index is 706. The summed E-state index contributed by atoms with van der Waals surface area (Å²) in [5, 5.41) is 8.40. The summed E-state index contributed by atoms with van der Waals surface area (Å²) in [6.07, 6.45) is 2.68. The fourth-order valence-corrected chi connectivity index (χ4v) is 2.22. The Balaban J connectivity index is 1.95. The van der Waals surface area contributed by atoms with E-state index in [2.05, 4.69) is 38.3 Å². The Kier molecular flexibility index (Phi) is 3.21. The number of rotatable bonds is 3. The number of ether oxygens (including phenoxy) is 1. The average molecular weight is 318 g/mol. The van der Waals surface area contributed by atoms with Crippen LogP contribution in [0.1, 0.15) is 11.4 Å². The van der Waals surface area contributed by atoms with Crippen LogP contribution in [0.4, 0.5) is 0 Å². The van der Waals surface area contributed by atoms with Crippen molar-refractivity contribution in [2.75, 3.05) is 7.11 Å². The number of pyridine rings is 1. The van der Waals surface area contributed by atoms with E-state index in [1.807, 2.05) is 34.9 Å². The van der Waals surface area contributed by atoms with Gasteiger partial charge in [-0.05, 0) is 23.8 Å². The van der Waals surface area contributed by atoms with Gasteiger partial charge in [-0.3, -0.25) is 4.40 Å². The highest BCUT2D eigenvalue weighted by atomic mass is 79.9. The molecule has 5 heteroatoms. The molecule has 0 unspecified atom stereocenters. The minimum absolute atomic E-state index is 0.751. The van der Waals surface area contributed by atoms with Crippen LogP contribution in [0, 0.1) is 0 Å². The predicted molar refractivity (Wildman–Crippen MR) is 76.5 cm³/mol. The molecular formula is C14H12BrN3O. The van der Waals surface area contributed by atoms with Gasteiger partial charge in [-0.1, -0.05) is 28.1 Å². The fourth-order valence-electron chi connectivity index (χ4n) is 1.95. The van der Waals surface area contributed by atoms with E-state index in [0.29, 0.717) is 0 Å². The highest BCUT2D eigenvalue weighted by Crippen LogP contribution is 2.16. The van der Waals surface area contributed by atoms with E-state index in [1.54, 1.807) is 7.11 Å². The van der Waals surface area contributed by atoms with E-state index < -0.39 is 0 Å². The second-order valence-corrected chi connectivity index (χ2v) is 5.13. The van der Waals surface area contributed by atoms with Gasteiger partial charge in [-0.15, -0.1) is 10.2 Å². The van der Waals surface area contributed by atoms with Crippen LogP contribution in [0.5, 0.6) is 5.75 Å². The van der Waals surface area contributed by atoms with Crippen LogP contribution in [0.25, 0.3) is 5.65 Å². The lowest BCUT2D eigenvalue weighted by atomic mass is 10.1. The molecule has 3 aromatic rings. The molecule has 96 valence electrons. The number of nitrogens with zero attached hydrogens (tertiary/aromatic N) is 3. The van der Waals surface area contributed by atoms with Crippen molar-refractivity contribution in [3.05, 3.63) is 58.5 Å². The molecule has 0 atom stereocenters. The van der Waals surface area contributed by atoms with Crippen molar-refractivity contribution in [1.82, 2.24) is 14.6 Å². The summed E-state index contributed by atoms with van der Waals surface area (Å²) in [5.74, 6) is 1.70. The normalized spacial score (nSPS) is 10.8. The molecule has 0 aliphatic heterocycles. The highest BCUT2D eigenvalue weighted by molar-refractivity contribution is 9.10. The molecule has 4 nitrogen and oxygen atoms in total. The third-order valence-corrected chi connectivity index (χ3v) is 3.49. The van der Waals surface area contributed by atoms with Crippen LogP contribution in [-0.4, -0.2) is 21.7 Å². The number of aromatic nitrogens is 3. The van der Waals surface area contributed by atoms with E-state index >= 15 is 0 Å². The van der Waals surface area contributed by atoms with E-state index in [1.165, 1.54) is 5.56 Å². The third kappa shape index (κ3) is 2.46. The van der Waals surface area contributed by atoms with Crippen LogP contribution in [-0.2, 0) is 6.42 Å². The van der Waals surface area contributed by atoms with Gasteiger partial charge in [0.25, 0.3) is 0 Å². The molecule has 0 radical (unpaired) electrons. The number of hydrogen-bond acceptors (Lipinski definition) is 3. The zero-order valence-electron chi connectivity index (χ0n) is 10.4. The predicted octanol–water partition coefficient (Wildman–Crippen LogP) is 3.09. The molecule has 19 heavy (non-hydrogen) atoms. The summed E-state index contributed by atoms with van der Waals surface area (Å²) in [7, 11) is 1.64. The van der Waals surface area contributed by atoms with Gasteiger partial charge >= 0.3 is 0 Å². The number of methoxy groups -OCH3 is 1.